The minimum atomic E-state index is -0.445. The summed E-state index contributed by atoms with van der Waals surface area (Å²) in [4.78, 5) is 42.0. The number of rotatable bonds is 5. The number of carbonyl (C=O) groups is 3. The first kappa shape index (κ1) is 27.2. The minimum absolute atomic E-state index is 0.0905. The average molecular weight is 547 g/mol. The van der Waals surface area contributed by atoms with Gasteiger partial charge < -0.3 is 15.0 Å². The third-order valence-corrected chi connectivity index (χ3v) is 8.22. The van der Waals surface area contributed by atoms with Gasteiger partial charge in [-0.1, -0.05) is 63.6 Å². The summed E-state index contributed by atoms with van der Waals surface area (Å²) in [5, 5.41) is 3.21. The van der Waals surface area contributed by atoms with E-state index >= 15 is 0 Å². The number of halogens is 1. The highest BCUT2D eigenvalue weighted by molar-refractivity contribution is 6.33. The molecule has 0 spiro atoms. The Kier molecular flexibility index (Phi) is 6.96. The molecule has 0 aromatic heterocycles. The van der Waals surface area contributed by atoms with Crippen LogP contribution in [-0.4, -0.2) is 36.0 Å². The number of ketones is 2. The fourth-order valence-electron chi connectivity index (χ4n) is 6.18. The van der Waals surface area contributed by atoms with Crippen molar-refractivity contribution in [1.29, 1.82) is 0 Å². The number of carbonyl (C=O) groups excluding carboxylic acids is 3. The van der Waals surface area contributed by atoms with E-state index in [9.17, 15) is 14.4 Å². The van der Waals surface area contributed by atoms with Crippen LogP contribution in [0.1, 0.15) is 64.9 Å². The first-order valence-electron chi connectivity index (χ1n) is 13.4. The molecule has 6 nitrogen and oxygen atoms in total. The monoisotopic (exact) mass is 546 g/mol. The number of allylic oxidation sites excluding steroid dienone is 4. The molecule has 0 bridgehead atoms. The molecular formula is C32H35ClN2O4. The molecule has 1 heterocycles. The molecule has 0 atom stereocenters. The third kappa shape index (κ3) is 5.40. The average Bonchev–Trinajstić information content (AvgIpc) is 2.84. The van der Waals surface area contributed by atoms with Crippen molar-refractivity contribution in [2.45, 2.75) is 59.3 Å². The van der Waals surface area contributed by atoms with Crippen LogP contribution in [0.5, 0.6) is 5.75 Å². The van der Waals surface area contributed by atoms with Crippen LogP contribution >= 0.6 is 11.6 Å². The van der Waals surface area contributed by atoms with Crippen molar-refractivity contribution in [3.63, 3.8) is 0 Å². The van der Waals surface area contributed by atoms with Gasteiger partial charge >= 0.3 is 0 Å². The van der Waals surface area contributed by atoms with Gasteiger partial charge in [0.05, 0.1) is 10.7 Å². The molecular weight excluding hydrogens is 512 g/mol. The molecule has 5 rings (SSSR count). The lowest BCUT2D eigenvalue weighted by Crippen LogP contribution is -2.43. The largest absolute Gasteiger partial charge is 0.484 e. The minimum Gasteiger partial charge on any atom is -0.484 e. The quantitative estimate of drug-likeness (QED) is 0.453. The van der Waals surface area contributed by atoms with E-state index in [1.165, 1.54) is 0 Å². The molecule has 0 unspecified atom stereocenters. The second kappa shape index (κ2) is 9.98. The number of nitrogens with one attached hydrogen (secondary N) is 1. The number of ether oxygens (including phenoxy) is 1. The van der Waals surface area contributed by atoms with Gasteiger partial charge in [-0.2, -0.15) is 0 Å². The van der Waals surface area contributed by atoms with Gasteiger partial charge in [0, 0.05) is 48.3 Å². The van der Waals surface area contributed by atoms with E-state index in [2.05, 4.69) is 37.9 Å². The van der Waals surface area contributed by atoms with E-state index in [1.807, 2.05) is 25.2 Å². The number of para-hydroxylation sites is 1. The Hall–Kier alpha value is -3.38. The summed E-state index contributed by atoms with van der Waals surface area (Å²) >= 11 is 6.15. The first-order valence-corrected chi connectivity index (χ1v) is 13.8. The number of nitrogens with zero attached hydrogens (tertiary/aromatic N) is 1. The van der Waals surface area contributed by atoms with Gasteiger partial charge in [-0.05, 0) is 53.5 Å². The number of amides is 1. The number of hydrogen-bond acceptors (Lipinski definition) is 5. The number of benzene rings is 2. The lowest BCUT2D eigenvalue weighted by atomic mass is 9.64. The van der Waals surface area contributed by atoms with Crippen LogP contribution in [0.15, 0.2) is 71.1 Å². The Morgan fingerprint density at radius 1 is 0.923 bits per heavy atom. The molecule has 2 aromatic carbocycles. The van der Waals surface area contributed by atoms with Crippen LogP contribution in [0.4, 0.5) is 5.69 Å². The second-order valence-electron chi connectivity index (χ2n) is 12.5. The molecule has 2 aromatic rings. The maximum Gasteiger partial charge on any atom is 0.262 e. The fourth-order valence-corrected chi connectivity index (χ4v) is 6.36. The van der Waals surface area contributed by atoms with Gasteiger partial charge in [0.1, 0.15) is 5.75 Å². The molecule has 3 aliphatic rings. The zero-order valence-electron chi connectivity index (χ0n) is 23.2. The van der Waals surface area contributed by atoms with Crippen molar-refractivity contribution in [2.75, 3.05) is 19.0 Å². The fraction of sp³-hybridized carbons (Fsp3) is 0.406. The molecule has 204 valence electrons. The predicted octanol–water partition coefficient (Wildman–Crippen LogP) is 6.67. The zero-order valence-corrected chi connectivity index (χ0v) is 23.9. The van der Waals surface area contributed by atoms with Gasteiger partial charge in [-0.15, -0.1) is 0 Å². The second-order valence-corrected chi connectivity index (χ2v) is 12.9. The Morgan fingerprint density at radius 3 is 2.10 bits per heavy atom. The zero-order chi connectivity index (χ0) is 28.1. The van der Waals surface area contributed by atoms with E-state index in [0.717, 1.165) is 40.9 Å². The van der Waals surface area contributed by atoms with E-state index in [0.29, 0.717) is 29.3 Å². The molecule has 0 fully saturated rings. The van der Waals surface area contributed by atoms with Crippen molar-refractivity contribution >= 4 is 34.8 Å². The smallest absolute Gasteiger partial charge is 0.262 e. The molecule has 0 radical (unpaired) electrons. The van der Waals surface area contributed by atoms with Crippen LogP contribution < -0.4 is 10.1 Å². The Labute approximate surface area is 235 Å². The molecule has 1 amide bonds. The summed E-state index contributed by atoms with van der Waals surface area (Å²) < 4.78 is 5.86. The lowest BCUT2D eigenvalue weighted by molar-refractivity contribution is -0.120. The molecule has 7 heteroatoms. The molecule has 1 N–H and O–H groups in total. The molecule has 39 heavy (non-hydrogen) atoms. The summed E-state index contributed by atoms with van der Waals surface area (Å²) in [5.74, 6) is -0.103. The van der Waals surface area contributed by atoms with Crippen molar-refractivity contribution in [1.82, 2.24) is 4.90 Å². The predicted molar refractivity (Wildman–Crippen MR) is 153 cm³/mol. The van der Waals surface area contributed by atoms with Crippen LogP contribution in [0.25, 0.3) is 0 Å². The Morgan fingerprint density at radius 2 is 1.51 bits per heavy atom. The van der Waals surface area contributed by atoms with Crippen LogP contribution in [-0.2, 0) is 14.4 Å². The molecule has 2 aliphatic carbocycles. The summed E-state index contributed by atoms with van der Waals surface area (Å²) in [6, 6.07) is 14.4. The summed E-state index contributed by atoms with van der Waals surface area (Å²) in [6.45, 7) is 8.29. The SMILES string of the molecule is CN1C2=C(C(=O)CC(C)(C)C2)C(c2cccc(OCC(=O)Nc3ccccc3Cl)c2)C2=C1CC(C)(C)CC2=O. The first-order chi connectivity index (χ1) is 18.3. The molecule has 1 aliphatic heterocycles. The molecule has 0 saturated heterocycles. The van der Waals surface area contributed by atoms with Gasteiger partial charge in [0.25, 0.3) is 5.91 Å². The van der Waals surface area contributed by atoms with Gasteiger partial charge in [-0.3, -0.25) is 14.4 Å². The van der Waals surface area contributed by atoms with E-state index in [-0.39, 0.29) is 34.9 Å². The highest BCUT2D eigenvalue weighted by Gasteiger charge is 2.48. The van der Waals surface area contributed by atoms with Crippen molar-refractivity contribution in [2.24, 2.45) is 10.8 Å². The van der Waals surface area contributed by atoms with Crippen LogP contribution in [0, 0.1) is 10.8 Å². The summed E-state index contributed by atoms with van der Waals surface area (Å²) in [7, 11) is 2.00. The Bertz CT molecular complexity index is 1380. The highest BCUT2D eigenvalue weighted by Crippen LogP contribution is 2.54. The maximum atomic E-state index is 13.7. The molecule has 0 saturated carbocycles. The normalized spacial score (nSPS) is 20.5. The topological polar surface area (TPSA) is 75.7 Å². The van der Waals surface area contributed by atoms with Crippen LogP contribution in [0.3, 0.4) is 0 Å². The van der Waals surface area contributed by atoms with E-state index in [1.54, 1.807) is 30.3 Å². The van der Waals surface area contributed by atoms with Crippen molar-refractivity contribution in [3.8, 4) is 5.75 Å². The number of hydrogen-bond donors (Lipinski definition) is 1. The van der Waals surface area contributed by atoms with Gasteiger partial charge in [-0.25, -0.2) is 0 Å². The standard InChI is InChI=1S/C32H35ClN2O4/c1-31(2)14-23-29(25(36)16-31)28(30-24(35(23)5)15-32(3,4)17-26(30)37)19-9-8-10-20(13-19)39-18-27(38)34-22-12-7-6-11-21(22)33/h6-13,28H,14-18H2,1-5H3,(H,34,38). The lowest BCUT2D eigenvalue weighted by Gasteiger charge is -2.47. The third-order valence-electron chi connectivity index (χ3n) is 7.89. The maximum absolute atomic E-state index is 13.7. The number of anilines is 1. The summed E-state index contributed by atoms with van der Waals surface area (Å²) in [6.07, 6.45) is 2.42. The van der Waals surface area contributed by atoms with Crippen LogP contribution in [0.2, 0.25) is 5.02 Å². The van der Waals surface area contributed by atoms with Gasteiger partial charge in [0.2, 0.25) is 0 Å². The Balaban J connectivity index is 1.49. The highest BCUT2D eigenvalue weighted by atomic mass is 35.5. The number of Topliss-reactive ketones (excluding diaryl/α,β-unsaturated/α-hetero) is 2. The van der Waals surface area contributed by atoms with Crippen molar-refractivity contribution in [3.05, 3.63) is 81.7 Å². The van der Waals surface area contributed by atoms with Crippen molar-refractivity contribution < 1.29 is 19.1 Å². The summed E-state index contributed by atoms with van der Waals surface area (Å²) in [5.41, 5.74) is 4.50. The van der Waals surface area contributed by atoms with E-state index in [4.69, 9.17) is 16.3 Å². The van der Waals surface area contributed by atoms with Gasteiger partial charge in [0.15, 0.2) is 18.2 Å². The van der Waals surface area contributed by atoms with E-state index < -0.39 is 5.92 Å².